The summed E-state index contributed by atoms with van der Waals surface area (Å²) < 4.78 is 10.4. The van der Waals surface area contributed by atoms with Gasteiger partial charge in [-0.3, -0.25) is 0 Å². The average molecular weight is 299 g/mol. The van der Waals surface area contributed by atoms with Crippen LogP contribution in [0.5, 0.6) is 0 Å². The maximum atomic E-state index is 11.7. The van der Waals surface area contributed by atoms with Crippen LogP contribution in [0.1, 0.15) is 21.5 Å². The van der Waals surface area contributed by atoms with Crippen molar-refractivity contribution in [3.63, 3.8) is 0 Å². The molecule has 2 rings (SSSR count). The van der Waals surface area contributed by atoms with Gasteiger partial charge in [0.25, 0.3) is 0 Å². The summed E-state index contributed by atoms with van der Waals surface area (Å²) in [6, 6.07) is 17.3. The topological polar surface area (TPSA) is 61.5 Å². The molecule has 0 spiro atoms. The molecule has 116 valence electrons. The van der Waals surface area contributed by atoms with E-state index >= 15 is 0 Å². The number of methoxy groups -OCH3 is 1. The largest absolute Gasteiger partial charge is 0.465 e. The van der Waals surface area contributed by atoms with Gasteiger partial charge in [-0.25, -0.2) is 4.79 Å². The van der Waals surface area contributed by atoms with Gasteiger partial charge in [0, 0.05) is 6.04 Å². The fourth-order valence-corrected chi connectivity index (χ4v) is 2.25. The first-order valence-electron chi connectivity index (χ1n) is 7.24. The van der Waals surface area contributed by atoms with Crippen molar-refractivity contribution in [2.24, 2.45) is 5.73 Å². The molecular weight excluding hydrogens is 278 g/mol. The van der Waals surface area contributed by atoms with Crippen LogP contribution >= 0.6 is 0 Å². The third-order valence-corrected chi connectivity index (χ3v) is 3.35. The van der Waals surface area contributed by atoms with Gasteiger partial charge >= 0.3 is 5.97 Å². The van der Waals surface area contributed by atoms with Crippen molar-refractivity contribution in [2.75, 3.05) is 13.7 Å². The summed E-state index contributed by atoms with van der Waals surface area (Å²) in [6.45, 7) is 0.776. The zero-order valence-corrected chi connectivity index (χ0v) is 12.7. The third-order valence-electron chi connectivity index (χ3n) is 3.35. The Labute approximate surface area is 130 Å². The highest BCUT2D eigenvalue weighted by Gasteiger charge is 2.11. The van der Waals surface area contributed by atoms with Crippen LogP contribution in [0.25, 0.3) is 0 Å². The minimum Gasteiger partial charge on any atom is -0.465 e. The summed E-state index contributed by atoms with van der Waals surface area (Å²) in [5, 5.41) is 0. The highest BCUT2D eigenvalue weighted by Crippen LogP contribution is 2.12. The van der Waals surface area contributed by atoms with Crippen molar-refractivity contribution in [2.45, 2.75) is 19.1 Å². The first kappa shape index (κ1) is 16.2. The molecule has 2 aromatic rings. The number of carbonyl (C=O) groups excluding carboxylic acids is 1. The Morgan fingerprint density at radius 2 is 1.77 bits per heavy atom. The van der Waals surface area contributed by atoms with E-state index < -0.39 is 0 Å². The van der Waals surface area contributed by atoms with Crippen molar-refractivity contribution >= 4 is 5.97 Å². The Morgan fingerprint density at radius 1 is 1.09 bits per heavy atom. The van der Waals surface area contributed by atoms with Gasteiger partial charge in [-0.2, -0.15) is 0 Å². The van der Waals surface area contributed by atoms with Gasteiger partial charge in [0.15, 0.2) is 0 Å². The normalized spacial score (nSPS) is 11.9. The lowest BCUT2D eigenvalue weighted by atomic mass is 10.1. The molecule has 0 fully saturated rings. The third kappa shape index (κ3) is 4.69. The van der Waals surface area contributed by atoms with Crippen molar-refractivity contribution < 1.29 is 14.3 Å². The monoisotopic (exact) mass is 299 g/mol. The first-order chi connectivity index (χ1) is 10.7. The summed E-state index contributed by atoms with van der Waals surface area (Å²) in [4.78, 5) is 11.7. The Morgan fingerprint density at radius 3 is 2.50 bits per heavy atom. The molecule has 0 amide bonds. The van der Waals surface area contributed by atoms with Crippen molar-refractivity contribution in [1.29, 1.82) is 0 Å². The number of rotatable bonds is 7. The molecule has 0 aliphatic rings. The lowest BCUT2D eigenvalue weighted by Gasteiger charge is -2.13. The van der Waals surface area contributed by atoms with E-state index in [4.69, 9.17) is 15.2 Å². The summed E-state index contributed by atoms with van der Waals surface area (Å²) in [6.07, 6.45) is 0.763. The molecule has 22 heavy (non-hydrogen) atoms. The second-order valence-corrected chi connectivity index (χ2v) is 5.11. The molecule has 2 N–H and O–H groups in total. The van der Waals surface area contributed by atoms with Gasteiger partial charge in [-0.15, -0.1) is 0 Å². The van der Waals surface area contributed by atoms with E-state index in [2.05, 4.69) is 0 Å². The van der Waals surface area contributed by atoms with E-state index in [1.54, 1.807) is 12.1 Å². The predicted molar refractivity (Wildman–Crippen MR) is 85.6 cm³/mol. The van der Waals surface area contributed by atoms with Crippen molar-refractivity contribution in [3.8, 4) is 0 Å². The molecule has 0 aromatic heterocycles. The molecule has 4 heteroatoms. The molecule has 0 saturated heterocycles. The quantitative estimate of drug-likeness (QED) is 0.798. The highest BCUT2D eigenvalue weighted by molar-refractivity contribution is 5.90. The molecule has 0 radical (unpaired) electrons. The zero-order valence-electron chi connectivity index (χ0n) is 12.7. The second kappa shape index (κ2) is 8.32. The van der Waals surface area contributed by atoms with Gasteiger partial charge in [0.2, 0.25) is 0 Å². The van der Waals surface area contributed by atoms with Crippen LogP contribution in [0, 0.1) is 0 Å². The maximum Gasteiger partial charge on any atom is 0.338 e. The minimum atomic E-state index is -0.354. The lowest BCUT2D eigenvalue weighted by Crippen LogP contribution is -2.28. The molecule has 0 aliphatic carbocycles. The number of nitrogens with two attached hydrogens (primary N) is 1. The molecule has 1 atom stereocenters. The Balaban J connectivity index is 1.85. The molecule has 0 bridgehead atoms. The Kier molecular flexibility index (Phi) is 6.13. The Hall–Kier alpha value is -2.17. The number of esters is 1. The van der Waals surface area contributed by atoms with E-state index in [1.807, 2.05) is 42.5 Å². The van der Waals surface area contributed by atoms with Crippen LogP contribution in [-0.2, 0) is 22.5 Å². The number of hydrogen-bond donors (Lipinski definition) is 1. The second-order valence-electron chi connectivity index (χ2n) is 5.11. The number of carbonyl (C=O) groups is 1. The first-order valence-corrected chi connectivity index (χ1v) is 7.24. The Bertz CT molecular complexity index is 598. The van der Waals surface area contributed by atoms with Crippen LogP contribution in [0.4, 0.5) is 0 Å². The van der Waals surface area contributed by atoms with E-state index in [9.17, 15) is 4.79 Å². The van der Waals surface area contributed by atoms with Crippen LogP contribution in [-0.4, -0.2) is 25.7 Å². The van der Waals surface area contributed by atoms with E-state index in [0.717, 1.165) is 12.0 Å². The van der Waals surface area contributed by atoms with Crippen LogP contribution < -0.4 is 5.73 Å². The smallest absolute Gasteiger partial charge is 0.338 e. The SMILES string of the molecule is COC(=O)c1ccccc1COCC(N)Cc1ccccc1. The van der Waals surface area contributed by atoms with Gasteiger partial charge < -0.3 is 15.2 Å². The number of benzene rings is 2. The summed E-state index contributed by atoms with van der Waals surface area (Å²) in [7, 11) is 1.37. The van der Waals surface area contributed by atoms with Gasteiger partial charge in [-0.1, -0.05) is 48.5 Å². The fourth-order valence-electron chi connectivity index (χ4n) is 2.25. The molecular formula is C18H21NO3. The van der Waals surface area contributed by atoms with E-state index in [-0.39, 0.29) is 12.0 Å². The molecule has 4 nitrogen and oxygen atoms in total. The lowest BCUT2D eigenvalue weighted by molar-refractivity contribution is 0.0590. The van der Waals surface area contributed by atoms with Gasteiger partial charge in [0.05, 0.1) is 25.9 Å². The van der Waals surface area contributed by atoms with E-state index in [0.29, 0.717) is 18.8 Å². The van der Waals surface area contributed by atoms with Crippen LogP contribution in [0.15, 0.2) is 54.6 Å². The summed E-state index contributed by atoms with van der Waals surface area (Å²) >= 11 is 0. The van der Waals surface area contributed by atoms with E-state index in [1.165, 1.54) is 12.7 Å². The standard InChI is InChI=1S/C18H21NO3/c1-21-18(20)17-10-6-5-9-15(17)12-22-13-16(19)11-14-7-3-2-4-8-14/h2-10,16H,11-13,19H2,1H3. The van der Waals surface area contributed by atoms with Gasteiger partial charge in [-0.05, 0) is 23.6 Å². The van der Waals surface area contributed by atoms with Crippen molar-refractivity contribution in [3.05, 3.63) is 71.3 Å². The molecule has 0 heterocycles. The average Bonchev–Trinajstić information content (AvgIpc) is 2.55. The maximum absolute atomic E-state index is 11.7. The molecule has 2 aromatic carbocycles. The minimum absolute atomic E-state index is 0.0762. The highest BCUT2D eigenvalue weighted by atomic mass is 16.5. The predicted octanol–water partition coefficient (Wildman–Crippen LogP) is 2.56. The van der Waals surface area contributed by atoms with Crippen LogP contribution in [0.3, 0.4) is 0 Å². The van der Waals surface area contributed by atoms with Gasteiger partial charge in [0.1, 0.15) is 0 Å². The molecule has 1 unspecified atom stereocenters. The number of hydrogen-bond acceptors (Lipinski definition) is 4. The summed E-state index contributed by atoms with van der Waals surface area (Å²) in [5.41, 5.74) is 8.60. The zero-order chi connectivity index (χ0) is 15.8. The van der Waals surface area contributed by atoms with Crippen LogP contribution in [0.2, 0.25) is 0 Å². The fraction of sp³-hybridized carbons (Fsp3) is 0.278. The molecule has 0 saturated carbocycles. The molecule has 0 aliphatic heterocycles. The number of ether oxygens (including phenoxy) is 2. The van der Waals surface area contributed by atoms with Crippen molar-refractivity contribution in [1.82, 2.24) is 0 Å². The summed E-state index contributed by atoms with van der Waals surface area (Å²) in [5.74, 6) is -0.354.